The molecule has 4 rings (SSSR count). The van der Waals surface area contributed by atoms with Gasteiger partial charge in [-0.25, -0.2) is 4.98 Å². The number of thioether (sulfide) groups is 1. The highest BCUT2D eigenvalue weighted by Gasteiger charge is 2.13. The van der Waals surface area contributed by atoms with Crippen molar-refractivity contribution < 1.29 is 4.79 Å². The summed E-state index contributed by atoms with van der Waals surface area (Å²) in [6, 6.07) is 19.2. The zero-order valence-electron chi connectivity index (χ0n) is 15.5. The molecule has 2 aromatic heterocycles. The maximum atomic E-state index is 12.6. The first kappa shape index (κ1) is 18.2. The molecule has 0 spiro atoms. The number of carbonyl (C=O) groups is 1. The molecule has 1 atom stereocenters. The predicted molar refractivity (Wildman–Crippen MR) is 111 cm³/mol. The Balaban J connectivity index is 1.50. The van der Waals surface area contributed by atoms with Crippen molar-refractivity contribution in [2.24, 2.45) is 7.05 Å². The van der Waals surface area contributed by atoms with Crippen LogP contribution in [-0.2, 0) is 7.05 Å². The third-order valence-electron chi connectivity index (χ3n) is 4.40. The van der Waals surface area contributed by atoms with Gasteiger partial charge in [0.05, 0.1) is 5.52 Å². The molecular formula is C21H19N5OS. The Morgan fingerprint density at radius 2 is 1.96 bits per heavy atom. The number of para-hydroxylation sites is 1. The number of rotatable bonds is 5. The Morgan fingerprint density at radius 3 is 2.79 bits per heavy atom. The highest BCUT2D eigenvalue weighted by molar-refractivity contribution is 7.99. The molecule has 0 radical (unpaired) electrons. The lowest BCUT2D eigenvalue weighted by Crippen LogP contribution is -2.13. The molecule has 1 amide bonds. The summed E-state index contributed by atoms with van der Waals surface area (Å²) in [7, 11) is 1.92. The molecule has 0 fully saturated rings. The van der Waals surface area contributed by atoms with Gasteiger partial charge in [0.25, 0.3) is 5.91 Å². The lowest BCUT2D eigenvalue weighted by atomic mass is 10.1. The van der Waals surface area contributed by atoms with Crippen LogP contribution < -0.4 is 5.32 Å². The fraction of sp³-hybridized carbons (Fsp3) is 0.143. The third-order valence-corrected chi connectivity index (χ3v) is 5.60. The first-order valence-electron chi connectivity index (χ1n) is 8.88. The van der Waals surface area contributed by atoms with E-state index in [0.29, 0.717) is 5.69 Å². The molecule has 140 valence electrons. The maximum absolute atomic E-state index is 12.6. The quantitative estimate of drug-likeness (QED) is 0.510. The molecule has 2 aromatic carbocycles. The van der Waals surface area contributed by atoms with Gasteiger partial charge in [0.2, 0.25) is 0 Å². The molecule has 1 N–H and O–H groups in total. The second kappa shape index (κ2) is 7.82. The van der Waals surface area contributed by atoms with Crippen LogP contribution in [0.2, 0.25) is 0 Å². The largest absolute Gasteiger partial charge is 0.321 e. The average molecular weight is 389 g/mol. The van der Waals surface area contributed by atoms with Crippen LogP contribution in [0, 0.1) is 0 Å². The van der Waals surface area contributed by atoms with E-state index < -0.39 is 0 Å². The molecule has 6 nitrogen and oxygen atoms in total. The normalized spacial score (nSPS) is 12.1. The molecule has 0 saturated heterocycles. The molecule has 1 unspecified atom stereocenters. The molecule has 0 aliphatic heterocycles. The van der Waals surface area contributed by atoms with Gasteiger partial charge in [0.1, 0.15) is 12.0 Å². The second-order valence-electron chi connectivity index (χ2n) is 6.45. The van der Waals surface area contributed by atoms with E-state index in [9.17, 15) is 4.79 Å². The Hall–Kier alpha value is -3.19. The van der Waals surface area contributed by atoms with Crippen molar-refractivity contribution >= 4 is 34.3 Å². The van der Waals surface area contributed by atoms with Gasteiger partial charge in [-0.2, -0.15) is 0 Å². The minimum absolute atomic E-state index is 0.165. The van der Waals surface area contributed by atoms with Crippen molar-refractivity contribution in [2.45, 2.75) is 17.3 Å². The Kier molecular flexibility index (Phi) is 5.08. The summed E-state index contributed by atoms with van der Waals surface area (Å²) < 4.78 is 1.89. The minimum Gasteiger partial charge on any atom is -0.321 e. The lowest BCUT2D eigenvalue weighted by molar-refractivity contribution is 0.102. The number of amides is 1. The smallest absolute Gasteiger partial charge is 0.274 e. The molecule has 0 bridgehead atoms. The molecule has 4 aromatic rings. The number of pyridine rings is 1. The van der Waals surface area contributed by atoms with Gasteiger partial charge in [-0.05, 0) is 36.8 Å². The number of anilines is 1. The number of hydrogen-bond acceptors (Lipinski definition) is 5. The van der Waals surface area contributed by atoms with Crippen molar-refractivity contribution in [2.75, 3.05) is 5.32 Å². The van der Waals surface area contributed by atoms with E-state index >= 15 is 0 Å². The summed E-state index contributed by atoms with van der Waals surface area (Å²) in [4.78, 5) is 17.1. The standard InChI is InChI=1S/C21H19N5OS/c1-14(28-21-25-22-13-26(21)2)16-7-5-8-17(12-16)23-20(27)19-11-10-15-6-3-4-9-18(15)24-19/h3-14H,1-2H3,(H,23,27). The van der Waals surface area contributed by atoms with E-state index in [1.165, 1.54) is 0 Å². The van der Waals surface area contributed by atoms with Crippen molar-refractivity contribution in [1.29, 1.82) is 0 Å². The maximum Gasteiger partial charge on any atom is 0.274 e. The van der Waals surface area contributed by atoms with E-state index in [1.54, 1.807) is 24.2 Å². The SMILES string of the molecule is CC(Sc1nncn1C)c1cccc(NC(=O)c2ccc3ccccc3n2)c1. The van der Waals surface area contributed by atoms with Gasteiger partial charge in [0.15, 0.2) is 5.16 Å². The molecular weight excluding hydrogens is 370 g/mol. The summed E-state index contributed by atoms with van der Waals surface area (Å²) in [5.74, 6) is -0.225. The summed E-state index contributed by atoms with van der Waals surface area (Å²) in [5, 5.41) is 13.0. The summed E-state index contributed by atoms with van der Waals surface area (Å²) in [6.45, 7) is 2.10. The van der Waals surface area contributed by atoms with Crippen molar-refractivity contribution in [1.82, 2.24) is 19.7 Å². The van der Waals surface area contributed by atoms with Gasteiger partial charge in [-0.15, -0.1) is 10.2 Å². The fourth-order valence-corrected chi connectivity index (χ4v) is 3.77. The number of aromatic nitrogens is 4. The number of nitrogens with one attached hydrogen (secondary N) is 1. The van der Waals surface area contributed by atoms with Crippen LogP contribution >= 0.6 is 11.8 Å². The fourth-order valence-electron chi connectivity index (χ4n) is 2.86. The second-order valence-corrected chi connectivity index (χ2v) is 7.76. The lowest BCUT2D eigenvalue weighted by Gasteiger charge is -2.13. The van der Waals surface area contributed by atoms with Crippen LogP contribution in [0.15, 0.2) is 72.1 Å². The summed E-state index contributed by atoms with van der Waals surface area (Å²) in [5.41, 5.74) is 3.03. The van der Waals surface area contributed by atoms with Crippen molar-refractivity contribution in [3.8, 4) is 0 Å². The highest BCUT2D eigenvalue weighted by atomic mass is 32.2. The van der Waals surface area contributed by atoms with Crippen LogP contribution in [0.25, 0.3) is 10.9 Å². The van der Waals surface area contributed by atoms with E-state index in [2.05, 4.69) is 27.4 Å². The number of fused-ring (bicyclic) bond motifs is 1. The Labute approximate surface area is 167 Å². The Bertz CT molecular complexity index is 1140. The predicted octanol–water partition coefficient (Wildman–Crippen LogP) is 4.47. The number of nitrogens with zero attached hydrogens (tertiary/aromatic N) is 4. The topological polar surface area (TPSA) is 72.7 Å². The van der Waals surface area contributed by atoms with E-state index in [0.717, 1.165) is 27.3 Å². The van der Waals surface area contributed by atoms with Gasteiger partial charge >= 0.3 is 0 Å². The minimum atomic E-state index is -0.225. The molecule has 2 heterocycles. The third kappa shape index (κ3) is 3.89. The number of aryl methyl sites for hydroxylation is 1. The van der Waals surface area contributed by atoms with Crippen molar-refractivity contribution in [3.63, 3.8) is 0 Å². The van der Waals surface area contributed by atoms with Crippen LogP contribution in [0.1, 0.15) is 28.2 Å². The molecule has 7 heteroatoms. The van der Waals surface area contributed by atoms with Gasteiger partial charge in [0, 0.05) is 23.4 Å². The number of hydrogen-bond donors (Lipinski definition) is 1. The van der Waals surface area contributed by atoms with Crippen LogP contribution in [0.3, 0.4) is 0 Å². The van der Waals surface area contributed by atoms with E-state index in [4.69, 9.17) is 0 Å². The average Bonchev–Trinajstić information content (AvgIpc) is 3.12. The van der Waals surface area contributed by atoms with E-state index in [1.807, 2.05) is 66.2 Å². The number of carbonyl (C=O) groups excluding carboxylic acids is 1. The van der Waals surface area contributed by atoms with E-state index in [-0.39, 0.29) is 11.2 Å². The molecule has 0 aliphatic rings. The van der Waals surface area contributed by atoms with Crippen LogP contribution in [0.5, 0.6) is 0 Å². The zero-order valence-corrected chi connectivity index (χ0v) is 16.4. The van der Waals surface area contributed by atoms with Gasteiger partial charge < -0.3 is 9.88 Å². The van der Waals surface area contributed by atoms with Gasteiger partial charge in [-0.3, -0.25) is 4.79 Å². The highest BCUT2D eigenvalue weighted by Crippen LogP contribution is 2.34. The molecule has 0 saturated carbocycles. The monoisotopic (exact) mass is 389 g/mol. The van der Waals surface area contributed by atoms with Crippen LogP contribution in [-0.4, -0.2) is 25.7 Å². The molecule has 0 aliphatic carbocycles. The first-order chi connectivity index (χ1) is 13.6. The van der Waals surface area contributed by atoms with Crippen molar-refractivity contribution in [3.05, 3.63) is 78.2 Å². The van der Waals surface area contributed by atoms with Gasteiger partial charge in [-0.1, -0.05) is 48.2 Å². The summed E-state index contributed by atoms with van der Waals surface area (Å²) in [6.07, 6.45) is 1.68. The molecule has 28 heavy (non-hydrogen) atoms. The summed E-state index contributed by atoms with van der Waals surface area (Å²) >= 11 is 1.62. The number of benzene rings is 2. The first-order valence-corrected chi connectivity index (χ1v) is 9.76. The zero-order chi connectivity index (χ0) is 19.5. The Morgan fingerprint density at radius 1 is 1.11 bits per heavy atom. The van der Waals surface area contributed by atoms with Crippen LogP contribution in [0.4, 0.5) is 5.69 Å².